The minimum absolute atomic E-state index is 0.111. The van der Waals surface area contributed by atoms with Gasteiger partial charge in [-0.25, -0.2) is 18.3 Å². The first-order valence-electron chi connectivity index (χ1n) is 10.1. The highest BCUT2D eigenvalue weighted by Crippen LogP contribution is 2.40. The van der Waals surface area contributed by atoms with Crippen LogP contribution in [-0.4, -0.2) is 55.3 Å². The topological polar surface area (TPSA) is 73.0 Å². The fourth-order valence-electron chi connectivity index (χ4n) is 4.15. The van der Waals surface area contributed by atoms with E-state index in [4.69, 9.17) is 0 Å². The van der Waals surface area contributed by atoms with E-state index in [2.05, 4.69) is 10.1 Å². The van der Waals surface area contributed by atoms with E-state index in [0.29, 0.717) is 6.07 Å². The second kappa shape index (κ2) is 8.05. The molecule has 1 fully saturated rings. The molecule has 2 unspecified atom stereocenters. The number of fused-ring (bicyclic) bond motifs is 1. The van der Waals surface area contributed by atoms with Gasteiger partial charge in [0.2, 0.25) is 5.91 Å². The molecule has 4 rings (SSSR count). The fraction of sp³-hybridized carbons (Fsp3) is 0.579. The number of halogens is 8. The molecule has 0 saturated carbocycles. The lowest BCUT2D eigenvalue weighted by Crippen LogP contribution is -2.46. The van der Waals surface area contributed by atoms with E-state index in [1.54, 1.807) is 0 Å². The number of pyridine rings is 1. The third-order valence-electron chi connectivity index (χ3n) is 5.87. The van der Waals surface area contributed by atoms with Crippen LogP contribution >= 0.6 is 0 Å². The number of hydrogen-bond donors (Lipinski definition) is 0. The van der Waals surface area contributed by atoms with E-state index in [1.807, 2.05) is 0 Å². The van der Waals surface area contributed by atoms with Crippen molar-refractivity contribution in [2.75, 3.05) is 13.1 Å². The van der Waals surface area contributed by atoms with Gasteiger partial charge in [0.15, 0.2) is 0 Å². The van der Waals surface area contributed by atoms with E-state index >= 15 is 0 Å². The van der Waals surface area contributed by atoms with Gasteiger partial charge >= 0.3 is 18.0 Å². The van der Waals surface area contributed by atoms with Crippen LogP contribution in [0.25, 0.3) is 0 Å². The molecular formula is C19H17F8N5O2. The average Bonchev–Trinajstić information content (AvgIpc) is 3.25. The molecule has 186 valence electrons. The molecular weight excluding hydrogens is 482 g/mol. The summed E-state index contributed by atoms with van der Waals surface area (Å²) in [5.74, 6) is -6.60. The molecule has 2 atom stereocenters. The number of nitrogens with zero attached hydrogens (tertiary/aromatic N) is 5. The number of hydrogen-bond acceptors (Lipinski definition) is 4. The minimum atomic E-state index is -4.73. The molecule has 15 heteroatoms. The summed E-state index contributed by atoms with van der Waals surface area (Å²) in [7, 11) is 0. The lowest BCUT2D eigenvalue weighted by molar-refractivity contribution is -0.183. The molecule has 0 spiro atoms. The van der Waals surface area contributed by atoms with Crippen LogP contribution in [0, 0.1) is 5.92 Å². The summed E-state index contributed by atoms with van der Waals surface area (Å²) in [6, 6.07) is 0.0283. The Balaban J connectivity index is 1.66. The molecule has 1 amide bonds. The lowest BCUT2D eigenvalue weighted by Gasteiger charge is -2.32. The number of carbonyl (C=O) groups excluding carboxylic acids is 1. The Hall–Kier alpha value is -3.00. The number of likely N-dealkylation sites (tertiary alicyclic amines) is 1. The van der Waals surface area contributed by atoms with Crippen LogP contribution < -0.4 is 5.69 Å². The van der Waals surface area contributed by atoms with Crippen LogP contribution in [0.4, 0.5) is 35.1 Å². The Bertz CT molecular complexity index is 1140. The third-order valence-corrected chi connectivity index (χ3v) is 5.87. The summed E-state index contributed by atoms with van der Waals surface area (Å²) in [4.78, 5) is 29.8. The molecule has 0 radical (unpaired) electrons. The molecule has 7 nitrogen and oxygen atoms in total. The highest BCUT2D eigenvalue weighted by Gasteiger charge is 2.50. The molecule has 0 aliphatic carbocycles. The first-order valence-corrected chi connectivity index (χ1v) is 10.1. The number of alkyl halides is 8. The smallest absolute Gasteiger partial charge is 0.335 e. The summed E-state index contributed by atoms with van der Waals surface area (Å²) in [6.45, 7) is -1.74. The number of amides is 1. The van der Waals surface area contributed by atoms with Crippen LogP contribution in [0.2, 0.25) is 0 Å². The van der Waals surface area contributed by atoms with Crippen molar-refractivity contribution >= 4 is 5.91 Å². The maximum atomic E-state index is 13.6. The van der Waals surface area contributed by atoms with Crippen LogP contribution in [0.1, 0.15) is 36.0 Å². The third kappa shape index (κ3) is 4.64. The van der Waals surface area contributed by atoms with E-state index in [0.717, 1.165) is 26.4 Å². The zero-order chi connectivity index (χ0) is 25.1. The molecule has 2 aliphatic heterocycles. The summed E-state index contributed by atoms with van der Waals surface area (Å²) >= 11 is 0. The van der Waals surface area contributed by atoms with Gasteiger partial charge in [0.25, 0.3) is 5.92 Å². The molecule has 4 heterocycles. The van der Waals surface area contributed by atoms with Gasteiger partial charge in [-0.3, -0.25) is 14.3 Å². The second-order valence-corrected chi connectivity index (χ2v) is 8.34. The van der Waals surface area contributed by atoms with E-state index in [1.165, 1.54) is 0 Å². The van der Waals surface area contributed by atoms with Crippen molar-refractivity contribution in [3.05, 3.63) is 45.9 Å². The lowest BCUT2D eigenvalue weighted by atomic mass is 9.91. The number of rotatable bonds is 3. The minimum Gasteiger partial charge on any atom is -0.335 e. The van der Waals surface area contributed by atoms with Crippen molar-refractivity contribution in [3.8, 4) is 0 Å². The molecule has 1 saturated heterocycles. The SMILES string of the molecule is O=C(C1CC(C(F)(F)F)Cc2nn(Cc3ccc(C(F)(F)F)nc3)c(=O)n21)N1CCC(F)(F)C1. The van der Waals surface area contributed by atoms with Crippen molar-refractivity contribution in [1.29, 1.82) is 0 Å². The first kappa shape index (κ1) is 24.1. The normalized spacial score (nSPS) is 22.6. The highest BCUT2D eigenvalue weighted by atomic mass is 19.4. The Kier molecular flexibility index (Phi) is 5.71. The Morgan fingerprint density at radius 2 is 1.85 bits per heavy atom. The van der Waals surface area contributed by atoms with Gasteiger partial charge in [-0.2, -0.15) is 31.4 Å². The largest absolute Gasteiger partial charge is 0.433 e. The molecule has 0 bridgehead atoms. The van der Waals surface area contributed by atoms with Crippen LogP contribution in [0.15, 0.2) is 23.1 Å². The van der Waals surface area contributed by atoms with Crippen molar-refractivity contribution in [2.24, 2.45) is 5.92 Å². The Labute approximate surface area is 186 Å². The van der Waals surface area contributed by atoms with Gasteiger partial charge in [0.05, 0.1) is 19.0 Å². The molecule has 2 aliphatic rings. The van der Waals surface area contributed by atoms with Crippen molar-refractivity contribution < 1.29 is 39.9 Å². The summed E-state index contributed by atoms with van der Waals surface area (Å²) in [5.41, 5.74) is -2.03. The summed E-state index contributed by atoms with van der Waals surface area (Å²) in [5, 5.41) is 3.87. The van der Waals surface area contributed by atoms with Crippen molar-refractivity contribution in [2.45, 2.75) is 50.1 Å². The highest BCUT2D eigenvalue weighted by molar-refractivity contribution is 5.81. The summed E-state index contributed by atoms with van der Waals surface area (Å²) in [6.07, 6.45) is -10.7. The van der Waals surface area contributed by atoms with Crippen LogP contribution in [-0.2, 0) is 23.9 Å². The monoisotopic (exact) mass is 499 g/mol. The standard InChI is InChI=1S/C19H17F8N5O2/c20-17(21)3-4-30(9-17)15(33)12-5-11(18(22,23)24)6-14-29-31(16(34)32(12)14)8-10-1-2-13(28-7-10)19(25,26)27/h1-2,7,11-12H,3-6,8-9H2. The van der Waals surface area contributed by atoms with E-state index in [9.17, 15) is 44.7 Å². The molecule has 2 aromatic heterocycles. The second-order valence-electron chi connectivity index (χ2n) is 8.34. The van der Waals surface area contributed by atoms with Crippen molar-refractivity contribution in [1.82, 2.24) is 24.2 Å². The molecule has 0 aromatic carbocycles. The van der Waals surface area contributed by atoms with Gasteiger partial charge in [-0.15, -0.1) is 0 Å². The molecule has 2 aromatic rings. The Morgan fingerprint density at radius 3 is 2.38 bits per heavy atom. The van der Waals surface area contributed by atoms with Gasteiger partial charge < -0.3 is 4.90 Å². The van der Waals surface area contributed by atoms with Gasteiger partial charge in [0, 0.05) is 25.6 Å². The maximum Gasteiger partial charge on any atom is 0.433 e. The van der Waals surface area contributed by atoms with Crippen LogP contribution in [0.5, 0.6) is 0 Å². The molecule has 34 heavy (non-hydrogen) atoms. The maximum absolute atomic E-state index is 13.6. The summed E-state index contributed by atoms with van der Waals surface area (Å²) < 4.78 is 107. The predicted molar refractivity (Wildman–Crippen MR) is 97.9 cm³/mol. The van der Waals surface area contributed by atoms with Gasteiger partial charge in [-0.05, 0) is 18.1 Å². The van der Waals surface area contributed by atoms with Gasteiger partial charge in [0.1, 0.15) is 17.6 Å². The zero-order valence-electron chi connectivity index (χ0n) is 17.2. The average molecular weight is 499 g/mol. The quantitative estimate of drug-likeness (QED) is 0.609. The van der Waals surface area contributed by atoms with Crippen molar-refractivity contribution in [3.63, 3.8) is 0 Å². The van der Waals surface area contributed by atoms with Crippen LogP contribution in [0.3, 0.4) is 0 Å². The Morgan fingerprint density at radius 1 is 1.15 bits per heavy atom. The predicted octanol–water partition coefficient (Wildman–Crippen LogP) is 3.04. The van der Waals surface area contributed by atoms with Gasteiger partial charge in [-0.1, -0.05) is 6.07 Å². The van der Waals surface area contributed by atoms with E-state index < -0.39 is 79.9 Å². The number of aromatic nitrogens is 4. The zero-order valence-corrected chi connectivity index (χ0v) is 17.2. The first-order chi connectivity index (χ1) is 15.7. The fourth-order valence-corrected chi connectivity index (χ4v) is 4.15. The van der Waals surface area contributed by atoms with E-state index in [-0.39, 0.29) is 17.9 Å². The molecule has 0 N–H and O–H groups in total. The number of carbonyl (C=O) groups is 1.